The van der Waals surface area contributed by atoms with Gasteiger partial charge in [0.15, 0.2) is 0 Å². The first-order chi connectivity index (χ1) is 13.7. The second-order valence-corrected chi connectivity index (χ2v) is 7.17. The molecule has 0 unspecified atom stereocenters. The number of amides is 1. The summed E-state index contributed by atoms with van der Waals surface area (Å²) in [5.41, 5.74) is 4.69. The molecular formula is C21H22N6O. The van der Waals surface area contributed by atoms with Gasteiger partial charge in [0.1, 0.15) is 12.1 Å². The predicted molar refractivity (Wildman–Crippen MR) is 108 cm³/mol. The fraction of sp³-hybridized carbons (Fsp3) is 0.333. The van der Waals surface area contributed by atoms with Crippen LogP contribution >= 0.6 is 0 Å². The highest BCUT2D eigenvalue weighted by Crippen LogP contribution is 2.33. The number of piperidine rings is 1. The number of aryl methyl sites for hydroxylation is 1. The Morgan fingerprint density at radius 1 is 1.36 bits per heavy atom. The van der Waals surface area contributed by atoms with Crippen LogP contribution in [0, 0.1) is 18.3 Å². The maximum Gasteiger partial charge on any atom is 0.236 e. The zero-order chi connectivity index (χ0) is 19.5. The monoisotopic (exact) mass is 374 g/mol. The lowest BCUT2D eigenvalue weighted by Crippen LogP contribution is -2.45. The summed E-state index contributed by atoms with van der Waals surface area (Å²) in [6.45, 7) is 3.31. The molecule has 4 rings (SSSR count). The van der Waals surface area contributed by atoms with Gasteiger partial charge in [0.05, 0.1) is 17.5 Å². The van der Waals surface area contributed by atoms with Crippen molar-refractivity contribution < 1.29 is 4.79 Å². The number of fused-ring (bicyclic) bond motifs is 1. The van der Waals surface area contributed by atoms with Crippen molar-refractivity contribution in [2.45, 2.75) is 32.2 Å². The van der Waals surface area contributed by atoms with Crippen LogP contribution in [0.1, 0.15) is 24.8 Å². The van der Waals surface area contributed by atoms with E-state index < -0.39 is 0 Å². The first-order valence-electron chi connectivity index (χ1n) is 9.46. The lowest BCUT2D eigenvalue weighted by atomic mass is 10.0. The number of nitrogens with zero attached hydrogens (tertiary/aromatic N) is 4. The van der Waals surface area contributed by atoms with Crippen LogP contribution in [0.4, 0.5) is 5.69 Å². The number of aromatic amines is 1. The van der Waals surface area contributed by atoms with Crippen molar-refractivity contribution in [3.8, 4) is 17.3 Å². The van der Waals surface area contributed by atoms with Crippen LogP contribution in [0.25, 0.3) is 22.3 Å². The number of H-pyrrole nitrogens is 1. The standard InChI is InChI=1S/C21H22N6O/c1-14-4-5-18(24-11-14)17-12-25-21-16(7-9-23-21)20(17)26-15-3-2-10-27(13-15)19(28)6-8-22/h4-5,7,9,11-12,15H,2-3,6,10,13H2,1H3,(H2,23,25,26)/t15-/m1/s1. The Balaban J connectivity index is 1.66. The van der Waals surface area contributed by atoms with E-state index in [4.69, 9.17) is 5.26 Å². The van der Waals surface area contributed by atoms with Crippen molar-refractivity contribution in [1.29, 1.82) is 5.26 Å². The number of hydrogen-bond acceptors (Lipinski definition) is 5. The molecule has 0 radical (unpaired) electrons. The van der Waals surface area contributed by atoms with Crippen molar-refractivity contribution in [2.75, 3.05) is 18.4 Å². The smallest absolute Gasteiger partial charge is 0.236 e. The van der Waals surface area contributed by atoms with Gasteiger partial charge < -0.3 is 15.2 Å². The highest BCUT2D eigenvalue weighted by Gasteiger charge is 2.25. The highest BCUT2D eigenvalue weighted by atomic mass is 16.2. The number of carbonyl (C=O) groups excluding carboxylic acids is 1. The van der Waals surface area contributed by atoms with E-state index in [2.05, 4.69) is 20.3 Å². The zero-order valence-corrected chi connectivity index (χ0v) is 15.8. The number of carbonyl (C=O) groups is 1. The lowest BCUT2D eigenvalue weighted by molar-refractivity contribution is -0.131. The Bertz CT molecular complexity index is 1030. The van der Waals surface area contributed by atoms with Crippen LogP contribution in [0.15, 0.2) is 36.8 Å². The number of likely N-dealkylation sites (tertiary alicyclic amines) is 1. The maximum atomic E-state index is 12.1. The molecule has 1 atom stereocenters. The fourth-order valence-electron chi connectivity index (χ4n) is 3.69. The molecule has 142 valence electrons. The molecule has 1 aliphatic heterocycles. The van der Waals surface area contributed by atoms with E-state index >= 15 is 0 Å². The number of aromatic nitrogens is 3. The van der Waals surface area contributed by atoms with E-state index in [-0.39, 0.29) is 18.4 Å². The average Bonchev–Trinajstić information content (AvgIpc) is 3.19. The van der Waals surface area contributed by atoms with E-state index in [0.29, 0.717) is 13.1 Å². The number of nitriles is 1. The molecule has 0 aliphatic carbocycles. The van der Waals surface area contributed by atoms with Gasteiger partial charge in [0, 0.05) is 48.7 Å². The molecule has 1 fully saturated rings. The first-order valence-corrected chi connectivity index (χ1v) is 9.46. The Kier molecular flexibility index (Phi) is 4.94. The summed E-state index contributed by atoms with van der Waals surface area (Å²) in [6, 6.07) is 8.11. The molecule has 3 aromatic heterocycles. The van der Waals surface area contributed by atoms with Gasteiger partial charge in [0.25, 0.3) is 0 Å². The van der Waals surface area contributed by atoms with Crippen molar-refractivity contribution in [2.24, 2.45) is 0 Å². The minimum absolute atomic E-state index is 0.0669. The molecule has 2 N–H and O–H groups in total. The van der Waals surface area contributed by atoms with Crippen LogP contribution in [0.5, 0.6) is 0 Å². The molecule has 0 spiro atoms. The third kappa shape index (κ3) is 3.54. The van der Waals surface area contributed by atoms with Crippen LogP contribution in [-0.2, 0) is 4.79 Å². The summed E-state index contributed by atoms with van der Waals surface area (Å²) in [7, 11) is 0. The first kappa shape index (κ1) is 18.0. The molecule has 1 amide bonds. The van der Waals surface area contributed by atoms with Gasteiger partial charge in [-0.3, -0.25) is 9.78 Å². The summed E-state index contributed by atoms with van der Waals surface area (Å²) in [6.07, 6.45) is 7.37. The molecule has 3 aromatic rings. The van der Waals surface area contributed by atoms with Crippen LogP contribution in [0.2, 0.25) is 0 Å². The number of nitrogens with one attached hydrogen (secondary N) is 2. The lowest BCUT2D eigenvalue weighted by Gasteiger charge is -2.34. The number of anilines is 1. The summed E-state index contributed by atoms with van der Waals surface area (Å²) in [5.74, 6) is -0.101. The van der Waals surface area contributed by atoms with Gasteiger partial charge in [0.2, 0.25) is 5.91 Å². The molecule has 0 saturated carbocycles. The van der Waals surface area contributed by atoms with Gasteiger partial charge >= 0.3 is 0 Å². The molecule has 1 aliphatic rings. The third-order valence-corrected chi connectivity index (χ3v) is 5.13. The zero-order valence-electron chi connectivity index (χ0n) is 15.8. The van der Waals surface area contributed by atoms with Gasteiger partial charge in [-0.2, -0.15) is 5.26 Å². The quantitative estimate of drug-likeness (QED) is 0.730. The van der Waals surface area contributed by atoms with E-state index in [1.165, 1.54) is 0 Å². The Hall–Kier alpha value is -3.40. The fourth-order valence-corrected chi connectivity index (χ4v) is 3.69. The maximum absolute atomic E-state index is 12.1. The predicted octanol–water partition coefficient (Wildman–Crippen LogP) is 3.25. The molecule has 0 aromatic carbocycles. The summed E-state index contributed by atoms with van der Waals surface area (Å²) >= 11 is 0. The molecular weight excluding hydrogens is 352 g/mol. The molecule has 7 nitrogen and oxygen atoms in total. The van der Waals surface area contributed by atoms with E-state index in [1.54, 1.807) is 4.90 Å². The van der Waals surface area contributed by atoms with Crippen LogP contribution in [0.3, 0.4) is 0 Å². The van der Waals surface area contributed by atoms with Crippen molar-refractivity contribution >= 4 is 22.6 Å². The van der Waals surface area contributed by atoms with Crippen LogP contribution < -0.4 is 5.32 Å². The van der Waals surface area contributed by atoms with Gasteiger partial charge in [-0.1, -0.05) is 6.07 Å². The molecule has 4 heterocycles. The largest absolute Gasteiger partial charge is 0.379 e. The van der Waals surface area contributed by atoms with Crippen molar-refractivity contribution in [3.63, 3.8) is 0 Å². The van der Waals surface area contributed by atoms with E-state index in [9.17, 15) is 4.79 Å². The third-order valence-electron chi connectivity index (χ3n) is 5.13. The molecule has 0 bridgehead atoms. The minimum atomic E-state index is -0.101. The van der Waals surface area contributed by atoms with Gasteiger partial charge in [-0.15, -0.1) is 0 Å². The Morgan fingerprint density at radius 2 is 2.25 bits per heavy atom. The van der Waals surface area contributed by atoms with E-state index in [0.717, 1.165) is 46.4 Å². The average molecular weight is 374 g/mol. The van der Waals surface area contributed by atoms with Crippen LogP contribution in [-0.4, -0.2) is 44.9 Å². The second-order valence-electron chi connectivity index (χ2n) is 7.17. The number of hydrogen-bond donors (Lipinski definition) is 2. The minimum Gasteiger partial charge on any atom is -0.379 e. The number of rotatable bonds is 4. The normalized spacial score (nSPS) is 16.7. The van der Waals surface area contributed by atoms with Crippen molar-refractivity contribution in [3.05, 3.63) is 42.4 Å². The Morgan fingerprint density at radius 3 is 3.04 bits per heavy atom. The summed E-state index contributed by atoms with van der Waals surface area (Å²) in [4.78, 5) is 26.2. The molecule has 28 heavy (non-hydrogen) atoms. The topological polar surface area (TPSA) is 97.7 Å². The second kappa shape index (κ2) is 7.69. The highest BCUT2D eigenvalue weighted by molar-refractivity contribution is 5.97. The Labute approximate surface area is 163 Å². The van der Waals surface area contributed by atoms with Crippen molar-refractivity contribution in [1.82, 2.24) is 19.9 Å². The molecule has 1 saturated heterocycles. The SMILES string of the molecule is Cc1ccc(-c2cnc3[nH]ccc3c2N[C@@H]2CCCN(C(=O)CC#N)C2)nc1. The van der Waals surface area contributed by atoms with E-state index in [1.807, 2.05) is 49.8 Å². The van der Waals surface area contributed by atoms with Gasteiger partial charge in [-0.05, 0) is 37.5 Å². The number of pyridine rings is 2. The summed E-state index contributed by atoms with van der Waals surface area (Å²) < 4.78 is 0. The molecule has 7 heteroatoms. The van der Waals surface area contributed by atoms with Gasteiger partial charge in [-0.25, -0.2) is 4.98 Å². The summed E-state index contributed by atoms with van der Waals surface area (Å²) in [5, 5.41) is 13.5.